The number of amides is 1. The van der Waals surface area contributed by atoms with Crippen molar-refractivity contribution in [3.05, 3.63) is 53.2 Å². The molecule has 2 aliphatic heterocycles. The van der Waals surface area contributed by atoms with E-state index in [9.17, 15) is 9.59 Å². The molecule has 0 aliphatic carbocycles. The maximum Gasteiger partial charge on any atom is 0.253 e. The van der Waals surface area contributed by atoms with E-state index in [4.69, 9.17) is 0 Å². The van der Waals surface area contributed by atoms with Crippen molar-refractivity contribution in [2.24, 2.45) is 0 Å². The first-order valence-electron chi connectivity index (χ1n) is 11.1. The molecular formula is C25H32N4O2. The fourth-order valence-electron chi connectivity index (χ4n) is 4.98. The minimum absolute atomic E-state index is 0.0599. The number of aryl methyl sites for hydroxylation is 2. The second kappa shape index (κ2) is 8.33. The van der Waals surface area contributed by atoms with Gasteiger partial charge in [0.15, 0.2) is 0 Å². The standard InChI is InChI=1S/C25H32N4O2/c1-18-15-19(2)23(26-16-18)27-11-13-28(14-12-27)24(31)20-5-7-21(8-6-20)29-22(17-30)9-10-25(29,3)4/h5-8,15-17,22H,9-14H2,1-4H3. The van der Waals surface area contributed by atoms with Crippen molar-refractivity contribution in [1.82, 2.24) is 9.88 Å². The maximum absolute atomic E-state index is 13.1. The Morgan fingerprint density at radius 3 is 2.39 bits per heavy atom. The van der Waals surface area contributed by atoms with Crippen LogP contribution in [-0.4, -0.2) is 59.8 Å². The average molecular weight is 421 g/mol. The number of rotatable bonds is 4. The Labute approximate surface area is 184 Å². The van der Waals surface area contributed by atoms with Gasteiger partial charge in [0, 0.05) is 49.2 Å². The van der Waals surface area contributed by atoms with E-state index in [2.05, 4.69) is 48.5 Å². The third-order valence-corrected chi connectivity index (χ3v) is 6.64. The van der Waals surface area contributed by atoms with Gasteiger partial charge in [-0.1, -0.05) is 6.07 Å². The molecule has 1 amide bonds. The Kier molecular flexibility index (Phi) is 5.73. The topological polar surface area (TPSA) is 56.8 Å². The van der Waals surface area contributed by atoms with Gasteiger partial charge in [0.2, 0.25) is 0 Å². The molecule has 0 spiro atoms. The van der Waals surface area contributed by atoms with E-state index in [0.29, 0.717) is 18.7 Å². The molecule has 2 saturated heterocycles. The van der Waals surface area contributed by atoms with Gasteiger partial charge in [-0.3, -0.25) is 4.79 Å². The number of piperazine rings is 1. The van der Waals surface area contributed by atoms with Crippen molar-refractivity contribution in [2.75, 3.05) is 36.0 Å². The number of nitrogens with zero attached hydrogens (tertiary/aromatic N) is 4. The summed E-state index contributed by atoms with van der Waals surface area (Å²) in [5.41, 5.74) is 3.97. The molecule has 2 aromatic rings. The highest BCUT2D eigenvalue weighted by Gasteiger charge is 2.39. The molecule has 2 fully saturated rings. The van der Waals surface area contributed by atoms with Gasteiger partial charge < -0.3 is 19.5 Å². The van der Waals surface area contributed by atoms with Crippen molar-refractivity contribution in [3.8, 4) is 0 Å². The number of carbonyl (C=O) groups is 2. The number of hydrogen-bond donors (Lipinski definition) is 0. The highest BCUT2D eigenvalue weighted by Crippen LogP contribution is 2.37. The van der Waals surface area contributed by atoms with Crippen LogP contribution in [0.5, 0.6) is 0 Å². The molecule has 31 heavy (non-hydrogen) atoms. The number of carbonyl (C=O) groups excluding carboxylic acids is 2. The predicted molar refractivity (Wildman–Crippen MR) is 124 cm³/mol. The van der Waals surface area contributed by atoms with Crippen LogP contribution in [0.15, 0.2) is 36.5 Å². The Bertz CT molecular complexity index is 962. The van der Waals surface area contributed by atoms with Crippen molar-refractivity contribution >= 4 is 23.7 Å². The fraction of sp³-hybridized carbons (Fsp3) is 0.480. The normalized spacial score (nSPS) is 20.8. The number of benzene rings is 1. The predicted octanol–water partition coefficient (Wildman–Crippen LogP) is 3.61. The Morgan fingerprint density at radius 2 is 1.77 bits per heavy atom. The lowest BCUT2D eigenvalue weighted by Gasteiger charge is -2.37. The minimum Gasteiger partial charge on any atom is -0.357 e. The molecule has 6 heteroatoms. The van der Waals surface area contributed by atoms with Crippen LogP contribution in [0.1, 0.15) is 48.2 Å². The number of hydrogen-bond acceptors (Lipinski definition) is 5. The summed E-state index contributed by atoms with van der Waals surface area (Å²) in [4.78, 5) is 35.5. The zero-order valence-corrected chi connectivity index (χ0v) is 19.0. The summed E-state index contributed by atoms with van der Waals surface area (Å²) in [5.74, 6) is 1.08. The summed E-state index contributed by atoms with van der Waals surface area (Å²) < 4.78 is 0. The third-order valence-electron chi connectivity index (χ3n) is 6.64. The molecule has 3 heterocycles. The van der Waals surface area contributed by atoms with E-state index in [0.717, 1.165) is 49.3 Å². The highest BCUT2D eigenvalue weighted by molar-refractivity contribution is 5.94. The summed E-state index contributed by atoms with van der Waals surface area (Å²) in [6.45, 7) is 11.4. The Morgan fingerprint density at radius 1 is 1.10 bits per heavy atom. The number of aromatic nitrogens is 1. The first-order chi connectivity index (χ1) is 14.8. The van der Waals surface area contributed by atoms with Gasteiger partial charge in [-0.2, -0.15) is 0 Å². The molecule has 1 unspecified atom stereocenters. The van der Waals surface area contributed by atoms with Crippen LogP contribution in [0.3, 0.4) is 0 Å². The second-order valence-corrected chi connectivity index (χ2v) is 9.40. The second-order valence-electron chi connectivity index (χ2n) is 9.40. The lowest BCUT2D eigenvalue weighted by Crippen LogP contribution is -2.49. The summed E-state index contributed by atoms with van der Waals surface area (Å²) in [6, 6.07) is 9.80. The summed E-state index contributed by atoms with van der Waals surface area (Å²) in [5, 5.41) is 0. The quantitative estimate of drug-likeness (QED) is 0.708. The van der Waals surface area contributed by atoms with Crippen molar-refractivity contribution in [2.45, 2.75) is 52.1 Å². The molecule has 0 bridgehead atoms. The van der Waals surface area contributed by atoms with Gasteiger partial charge in [-0.15, -0.1) is 0 Å². The van der Waals surface area contributed by atoms with Gasteiger partial charge in [0.1, 0.15) is 12.1 Å². The smallest absolute Gasteiger partial charge is 0.253 e. The van der Waals surface area contributed by atoms with Gasteiger partial charge in [0.25, 0.3) is 5.91 Å². The van der Waals surface area contributed by atoms with Crippen LogP contribution in [0.2, 0.25) is 0 Å². The molecule has 2 aliphatic rings. The van der Waals surface area contributed by atoms with Gasteiger partial charge in [-0.05, 0) is 75.9 Å². The van der Waals surface area contributed by atoms with E-state index in [1.165, 1.54) is 5.56 Å². The lowest BCUT2D eigenvalue weighted by atomic mass is 10.0. The van der Waals surface area contributed by atoms with E-state index in [-0.39, 0.29) is 17.5 Å². The molecule has 0 radical (unpaired) electrons. The number of anilines is 2. The SMILES string of the molecule is Cc1cnc(N2CCN(C(=O)c3ccc(N4C(C=O)CCC4(C)C)cc3)CC2)c(C)c1. The Balaban J connectivity index is 1.42. The van der Waals surface area contributed by atoms with Crippen molar-refractivity contribution in [3.63, 3.8) is 0 Å². The molecule has 0 N–H and O–H groups in total. The first-order valence-corrected chi connectivity index (χ1v) is 11.1. The van der Waals surface area contributed by atoms with Crippen molar-refractivity contribution < 1.29 is 9.59 Å². The van der Waals surface area contributed by atoms with Gasteiger partial charge >= 0.3 is 0 Å². The van der Waals surface area contributed by atoms with E-state index < -0.39 is 0 Å². The van der Waals surface area contributed by atoms with Crippen LogP contribution < -0.4 is 9.80 Å². The van der Waals surface area contributed by atoms with Crippen LogP contribution in [0.4, 0.5) is 11.5 Å². The van der Waals surface area contributed by atoms with Crippen LogP contribution >= 0.6 is 0 Å². The Hall–Kier alpha value is -2.89. The maximum atomic E-state index is 13.1. The third kappa shape index (κ3) is 4.16. The zero-order chi connectivity index (χ0) is 22.2. The largest absolute Gasteiger partial charge is 0.357 e. The first kappa shape index (κ1) is 21.3. The lowest BCUT2D eigenvalue weighted by molar-refractivity contribution is -0.108. The molecule has 6 nitrogen and oxygen atoms in total. The fourth-order valence-corrected chi connectivity index (χ4v) is 4.98. The van der Waals surface area contributed by atoms with Gasteiger partial charge in [-0.25, -0.2) is 4.98 Å². The zero-order valence-electron chi connectivity index (χ0n) is 19.0. The summed E-state index contributed by atoms with van der Waals surface area (Å²) >= 11 is 0. The molecule has 1 atom stereocenters. The summed E-state index contributed by atoms with van der Waals surface area (Å²) in [6.07, 6.45) is 4.80. The average Bonchev–Trinajstić information content (AvgIpc) is 3.08. The van der Waals surface area contributed by atoms with Crippen LogP contribution in [0, 0.1) is 13.8 Å². The highest BCUT2D eigenvalue weighted by atomic mass is 16.2. The molecule has 1 aromatic heterocycles. The number of pyridine rings is 1. The molecule has 0 saturated carbocycles. The van der Waals surface area contributed by atoms with E-state index >= 15 is 0 Å². The van der Waals surface area contributed by atoms with Crippen LogP contribution in [0.25, 0.3) is 0 Å². The monoisotopic (exact) mass is 420 g/mol. The van der Waals surface area contributed by atoms with Crippen molar-refractivity contribution in [1.29, 1.82) is 0 Å². The summed E-state index contributed by atoms with van der Waals surface area (Å²) in [7, 11) is 0. The van der Waals surface area contributed by atoms with E-state index in [1.54, 1.807) is 0 Å². The molecule has 4 rings (SSSR count). The van der Waals surface area contributed by atoms with Gasteiger partial charge in [0.05, 0.1) is 6.04 Å². The van der Waals surface area contributed by atoms with Crippen LogP contribution in [-0.2, 0) is 4.79 Å². The molecule has 1 aromatic carbocycles. The number of aldehydes is 1. The minimum atomic E-state index is -0.0940. The van der Waals surface area contributed by atoms with E-state index in [1.807, 2.05) is 35.4 Å². The molecule has 164 valence electrons. The molecular weight excluding hydrogens is 388 g/mol.